The molecule has 0 fully saturated rings. The zero-order valence-corrected chi connectivity index (χ0v) is 12.0. The van der Waals surface area contributed by atoms with E-state index in [0.29, 0.717) is 0 Å². The van der Waals surface area contributed by atoms with Crippen LogP contribution in [0, 0.1) is 5.92 Å². The third-order valence-electron chi connectivity index (χ3n) is 3.45. The number of benzene rings is 1. The van der Waals surface area contributed by atoms with Crippen LogP contribution in [0.5, 0.6) is 0 Å². The second kappa shape index (κ2) is 6.60. The molecular weight excluding hydrogens is 238 g/mol. The summed E-state index contributed by atoms with van der Waals surface area (Å²) in [4.78, 5) is 1.34. The summed E-state index contributed by atoms with van der Waals surface area (Å²) in [6.45, 7) is 5.59. The van der Waals surface area contributed by atoms with E-state index in [1.165, 1.54) is 29.0 Å². The molecule has 1 aromatic carbocycles. The molecule has 2 rings (SSSR count). The molecule has 1 nitrogen and oxygen atoms in total. The molecular formula is C16H21NS. The number of rotatable bonds is 6. The van der Waals surface area contributed by atoms with Gasteiger partial charge in [0.15, 0.2) is 0 Å². The number of anilines is 1. The molecule has 0 aliphatic rings. The van der Waals surface area contributed by atoms with Crippen molar-refractivity contribution >= 4 is 17.0 Å². The summed E-state index contributed by atoms with van der Waals surface area (Å²) in [5.41, 5.74) is 2.57. The van der Waals surface area contributed by atoms with Crippen molar-refractivity contribution in [3.8, 4) is 10.4 Å². The third-order valence-corrected chi connectivity index (χ3v) is 4.35. The van der Waals surface area contributed by atoms with Gasteiger partial charge in [-0.3, -0.25) is 0 Å². The van der Waals surface area contributed by atoms with Gasteiger partial charge in [0.25, 0.3) is 0 Å². The lowest BCUT2D eigenvalue weighted by molar-refractivity contribution is 0.519. The average Bonchev–Trinajstić information content (AvgIpc) is 2.94. The summed E-state index contributed by atoms with van der Waals surface area (Å²) < 4.78 is 0. The first-order valence-electron chi connectivity index (χ1n) is 6.72. The van der Waals surface area contributed by atoms with Crippen LogP contribution in [-0.4, -0.2) is 6.54 Å². The second-order valence-electron chi connectivity index (χ2n) is 4.59. The second-order valence-corrected chi connectivity index (χ2v) is 5.53. The molecule has 0 spiro atoms. The van der Waals surface area contributed by atoms with Gasteiger partial charge < -0.3 is 5.32 Å². The zero-order valence-electron chi connectivity index (χ0n) is 11.1. The summed E-state index contributed by atoms with van der Waals surface area (Å²) in [6.07, 6.45) is 2.48. The molecule has 18 heavy (non-hydrogen) atoms. The summed E-state index contributed by atoms with van der Waals surface area (Å²) >= 11 is 1.80. The molecule has 0 aliphatic heterocycles. The maximum Gasteiger partial charge on any atom is 0.0428 e. The first-order chi connectivity index (χ1) is 8.85. The molecule has 2 heteroatoms. The first-order valence-corrected chi connectivity index (χ1v) is 7.59. The van der Waals surface area contributed by atoms with E-state index in [4.69, 9.17) is 0 Å². The van der Waals surface area contributed by atoms with Crippen LogP contribution < -0.4 is 5.32 Å². The van der Waals surface area contributed by atoms with Crippen LogP contribution in [0.1, 0.15) is 26.7 Å². The highest BCUT2D eigenvalue weighted by atomic mass is 32.1. The Morgan fingerprint density at radius 2 is 1.83 bits per heavy atom. The summed E-state index contributed by atoms with van der Waals surface area (Å²) in [5.74, 6) is 0.765. The van der Waals surface area contributed by atoms with Gasteiger partial charge in [0, 0.05) is 22.7 Å². The molecule has 0 saturated carbocycles. The SMILES string of the molecule is CCC(CC)CNc1ccccc1-c1cccs1. The fraction of sp³-hybridized carbons (Fsp3) is 0.375. The highest BCUT2D eigenvalue weighted by molar-refractivity contribution is 7.13. The van der Waals surface area contributed by atoms with E-state index in [2.05, 4.69) is 60.9 Å². The topological polar surface area (TPSA) is 12.0 Å². The van der Waals surface area contributed by atoms with E-state index in [1.54, 1.807) is 11.3 Å². The van der Waals surface area contributed by atoms with Crippen molar-refractivity contribution in [2.45, 2.75) is 26.7 Å². The normalized spacial score (nSPS) is 10.8. The predicted molar refractivity (Wildman–Crippen MR) is 82.3 cm³/mol. The Hall–Kier alpha value is -1.28. The van der Waals surface area contributed by atoms with Gasteiger partial charge in [0.05, 0.1) is 0 Å². The standard InChI is InChI=1S/C16H21NS/c1-3-13(4-2)12-17-15-9-6-5-8-14(15)16-10-7-11-18-16/h5-11,13,17H,3-4,12H2,1-2H3. The van der Waals surface area contributed by atoms with Crippen molar-refractivity contribution in [1.82, 2.24) is 0 Å². The Bertz CT molecular complexity index is 458. The minimum atomic E-state index is 0.765. The Balaban J connectivity index is 2.13. The number of thiophene rings is 1. The van der Waals surface area contributed by atoms with Crippen LogP contribution in [0.25, 0.3) is 10.4 Å². The highest BCUT2D eigenvalue weighted by Gasteiger charge is 2.07. The van der Waals surface area contributed by atoms with Crippen LogP contribution in [0.4, 0.5) is 5.69 Å². The van der Waals surface area contributed by atoms with Gasteiger partial charge in [-0.1, -0.05) is 51.0 Å². The predicted octanol–water partition coefficient (Wildman–Crippen LogP) is 5.26. The molecule has 1 N–H and O–H groups in total. The van der Waals surface area contributed by atoms with Gasteiger partial charge in [-0.2, -0.15) is 0 Å². The molecule has 0 bridgehead atoms. The summed E-state index contributed by atoms with van der Waals surface area (Å²) in [6, 6.07) is 12.9. The Kier molecular flexibility index (Phi) is 4.82. The zero-order chi connectivity index (χ0) is 12.8. The Morgan fingerprint density at radius 1 is 1.06 bits per heavy atom. The molecule has 1 heterocycles. The highest BCUT2D eigenvalue weighted by Crippen LogP contribution is 2.31. The van der Waals surface area contributed by atoms with Crippen LogP contribution >= 0.6 is 11.3 Å². The van der Waals surface area contributed by atoms with Crippen molar-refractivity contribution in [2.75, 3.05) is 11.9 Å². The van der Waals surface area contributed by atoms with E-state index in [9.17, 15) is 0 Å². The van der Waals surface area contributed by atoms with Gasteiger partial charge in [0.2, 0.25) is 0 Å². The van der Waals surface area contributed by atoms with Crippen molar-refractivity contribution < 1.29 is 0 Å². The molecule has 0 radical (unpaired) electrons. The van der Waals surface area contributed by atoms with E-state index in [0.717, 1.165) is 12.5 Å². The van der Waals surface area contributed by atoms with Crippen molar-refractivity contribution in [1.29, 1.82) is 0 Å². The van der Waals surface area contributed by atoms with Gasteiger partial charge in [-0.25, -0.2) is 0 Å². The van der Waals surface area contributed by atoms with Gasteiger partial charge >= 0.3 is 0 Å². The molecule has 96 valence electrons. The minimum absolute atomic E-state index is 0.765. The maximum absolute atomic E-state index is 3.61. The average molecular weight is 259 g/mol. The quantitative estimate of drug-likeness (QED) is 0.745. The number of para-hydroxylation sites is 1. The molecule has 1 aromatic heterocycles. The van der Waals surface area contributed by atoms with Gasteiger partial charge in [-0.05, 0) is 23.4 Å². The maximum atomic E-state index is 3.61. The van der Waals surface area contributed by atoms with E-state index in [1.807, 2.05) is 0 Å². The fourth-order valence-corrected chi connectivity index (χ4v) is 2.88. The lowest BCUT2D eigenvalue weighted by atomic mass is 10.0. The molecule has 2 aromatic rings. The minimum Gasteiger partial charge on any atom is -0.384 e. The smallest absolute Gasteiger partial charge is 0.0428 e. The largest absolute Gasteiger partial charge is 0.384 e. The summed E-state index contributed by atoms with van der Waals surface area (Å²) in [5, 5.41) is 5.74. The van der Waals surface area contributed by atoms with Crippen LogP contribution in [0.15, 0.2) is 41.8 Å². The van der Waals surface area contributed by atoms with Crippen LogP contribution in [0.2, 0.25) is 0 Å². The Labute approximate surface area is 114 Å². The summed E-state index contributed by atoms with van der Waals surface area (Å²) in [7, 11) is 0. The van der Waals surface area contributed by atoms with Crippen molar-refractivity contribution in [3.63, 3.8) is 0 Å². The van der Waals surface area contributed by atoms with E-state index in [-0.39, 0.29) is 0 Å². The molecule has 0 saturated heterocycles. The molecule has 0 aliphatic carbocycles. The fourth-order valence-electron chi connectivity index (χ4n) is 2.12. The number of nitrogens with one attached hydrogen (secondary N) is 1. The monoisotopic (exact) mass is 259 g/mol. The number of hydrogen-bond acceptors (Lipinski definition) is 2. The van der Waals surface area contributed by atoms with Gasteiger partial charge in [0.1, 0.15) is 0 Å². The van der Waals surface area contributed by atoms with E-state index >= 15 is 0 Å². The van der Waals surface area contributed by atoms with Crippen LogP contribution in [-0.2, 0) is 0 Å². The van der Waals surface area contributed by atoms with Gasteiger partial charge in [-0.15, -0.1) is 11.3 Å². The van der Waals surface area contributed by atoms with Crippen LogP contribution in [0.3, 0.4) is 0 Å². The number of hydrogen-bond donors (Lipinski definition) is 1. The molecule has 0 unspecified atom stereocenters. The van der Waals surface area contributed by atoms with Crippen molar-refractivity contribution in [3.05, 3.63) is 41.8 Å². The molecule has 0 atom stereocenters. The van der Waals surface area contributed by atoms with E-state index < -0.39 is 0 Å². The lowest BCUT2D eigenvalue weighted by Gasteiger charge is -2.16. The first kappa shape index (κ1) is 13.2. The Morgan fingerprint density at radius 3 is 2.50 bits per heavy atom. The van der Waals surface area contributed by atoms with Crippen molar-refractivity contribution in [2.24, 2.45) is 5.92 Å². The third kappa shape index (κ3) is 3.14. The lowest BCUT2D eigenvalue weighted by Crippen LogP contribution is -2.13. The molecule has 0 amide bonds.